The molecule has 1 aliphatic carbocycles. The highest BCUT2D eigenvalue weighted by molar-refractivity contribution is 5.73. The van der Waals surface area contributed by atoms with Gasteiger partial charge < -0.3 is 5.11 Å². The molecule has 3 rings (SSSR count). The van der Waals surface area contributed by atoms with Crippen LogP contribution in [0.25, 0.3) is 11.0 Å². The highest BCUT2D eigenvalue weighted by atomic mass is 16.3. The van der Waals surface area contributed by atoms with Crippen LogP contribution < -0.4 is 0 Å². The molecule has 0 amide bonds. The van der Waals surface area contributed by atoms with Crippen LogP contribution in [-0.4, -0.2) is 25.7 Å². The first-order chi connectivity index (χ1) is 8.27. The molecule has 4 heteroatoms. The molecule has 1 aliphatic rings. The predicted octanol–water partition coefficient (Wildman–Crippen LogP) is 2.13. The van der Waals surface area contributed by atoms with Gasteiger partial charge in [0.15, 0.2) is 0 Å². The lowest BCUT2D eigenvalue weighted by molar-refractivity contribution is -0.0136. The van der Waals surface area contributed by atoms with Gasteiger partial charge in [0.25, 0.3) is 0 Å². The van der Waals surface area contributed by atoms with Crippen LogP contribution in [-0.2, 0) is 6.54 Å². The fourth-order valence-electron chi connectivity index (χ4n) is 2.68. The lowest BCUT2D eigenvalue weighted by atomic mass is 9.85. The van der Waals surface area contributed by atoms with E-state index in [4.69, 9.17) is 0 Å². The second-order valence-electron chi connectivity index (χ2n) is 5.02. The van der Waals surface area contributed by atoms with Gasteiger partial charge in [-0.1, -0.05) is 36.6 Å². The molecule has 0 aliphatic heterocycles. The molecular formula is C13H17N3O. The number of hydrogen-bond donors (Lipinski definition) is 1. The zero-order valence-electron chi connectivity index (χ0n) is 9.84. The highest BCUT2D eigenvalue weighted by Gasteiger charge is 2.30. The van der Waals surface area contributed by atoms with Crippen molar-refractivity contribution in [1.82, 2.24) is 15.0 Å². The lowest BCUT2D eigenvalue weighted by Crippen LogP contribution is -2.36. The van der Waals surface area contributed by atoms with E-state index in [1.54, 1.807) is 0 Å². The Labute approximate surface area is 100 Å². The summed E-state index contributed by atoms with van der Waals surface area (Å²) in [5.41, 5.74) is 1.31. The first kappa shape index (κ1) is 10.7. The molecule has 0 atom stereocenters. The Bertz CT molecular complexity index is 514. The molecule has 0 unspecified atom stereocenters. The molecule has 0 radical (unpaired) electrons. The molecule has 0 spiro atoms. The number of benzene rings is 1. The molecule has 1 fully saturated rings. The van der Waals surface area contributed by atoms with E-state index in [9.17, 15) is 5.11 Å². The van der Waals surface area contributed by atoms with E-state index in [1.807, 2.05) is 28.9 Å². The monoisotopic (exact) mass is 231 g/mol. The molecule has 4 nitrogen and oxygen atoms in total. The quantitative estimate of drug-likeness (QED) is 0.861. The third-order valence-electron chi connectivity index (χ3n) is 3.65. The van der Waals surface area contributed by atoms with Crippen molar-refractivity contribution in [2.45, 2.75) is 44.2 Å². The van der Waals surface area contributed by atoms with Crippen molar-refractivity contribution in [3.63, 3.8) is 0 Å². The van der Waals surface area contributed by atoms with E-state index in [2.05, 4.69) is 10.3 Å². The van der Waals surface area contributed by atoms with E-state index in [-0.39, 0.29) is 0 Å². The minimum Gasteiger partial charge on any atom is -0.388 e. The van der Waals surface area contributed by atoms with Gasteiger partial charge in [-0.2, -0.15) is 0 Å². The molecule has 1 N–H and O–H groups in total. The summed E-state index contributed by atoms with van der Waals surface area (Å²) in [6, 6.07) is 7.88. The summed E-state index contributed by atoms with van der Waals surface area (Å²) in [7, 11) is 0. The second kappa shape index (κ2) is 4.11. The van der Waals surface area contributed by atoms with E-state index < -0.39 is 5.60 Å². The first-order valence-corrected chi connectivity index (χ1v) is 6.28. The Morgan fingerprint density at radius 2 is 1.94 bits per heavy atom. The van der Waals surface area contributed by atoms with E-state index in [0.717, 1.165) is 36.7 Å². The molecule has 90 valence electrons. The van der Waals surface area contributed by atoms with Crippen molar-refractivity contribution in [2.24, 2.45) is 0 Å². The number of nitrogens with zero attached hydrogens (tertiary/aromatic N) is 3. The normalized spacial score (nSPS) is 19.6. The summed E-state index contributed by atoms with van der Waals surface area (Å²) in [5, 5.41) is 18.8. The van der Waals surface area contributed by atoms with Crippen molar-refractivity contribution in [3.05, 3.63) is 24.3 Å². The fourth-order valence-corrected chi connectivity index (χ4v) is 2.68. The van der Waals surface area contributed by atoms with Crippen molar-refractivity contribution < 1.29 is 5.11 Å². The van der Waals surface area contributed by atoms with Gasteiger partial charge in [0.05, 0.1) is 17.7 Å². The standard InChI is InChI=1S/C13H17N3O/c17-13(8-4-1-5-9-13)10-16-12-7-3-2-6-11(12)14-15-16/h2-3,6-7,17H,1,4-5,8-10H2. The van der Waals surface area contributed by atoms with Gasteiger partial charge in [-0.3, -0.25) is 0 Å². The van der Waals surface area contributed by atoms with E-state index in [0.29, 0.717) is 6.54 Å². The molecular weight excluding hydrogens is 214 g/mol. The number of para-hydroxylation sites is 1. The van der Waals surface area contributed by atoms with Crippen LogP contribution in [0.1, 0.15) is 32.1 Å². The van der Waals surface area contributed by atoms with Crippen molar-refractivity contribution in [3.8, 4) is 0 Å². The molecule has 1 heterocycles. The number of rotatable bonds is 2. The number of aromatic nitrogens is 3. The van der Waals surface area contributed by atoms with Crippen LogP contribution in [0.5, 0.6) is 0 Å². The third-order valence-corrected chi connectivity index (χ3v) is 3.65. The molecule has 2 aromatic rings. The van der Waals surface area contributed by atoms with Crippen molar-refractivity contribution in [2.75, 3.05) is 0 Å². The lowest BCUT2D eigenvalue weighted by Gasteiger charge is -2.31. The van der Waals surface area contributed by atoms with Gasteiger partial charge in [0.2, 0.25) is 0 Å². The van der Waals surface area contributed by atoms with Crippen LogP contribution in [0, 0.1) is 0 Å². The molecule has 0 bridgehead atoms. The summed E-state index contributed by atoms with van der Waals surface area (Å²) >= 11 is 0. The largest absolute Gasteiger partial charge is 0.388 e. The number of aliphatic hydroxyl groups is 1. The van der Waals surface area contributed by atoms with Crippen LogP contribution in [0.4, 0.5) is 0 Å². The van der Waals surface area contributed by atoms with Gasteiger partial charge >= 0.3 is 0 Å². The van der Waals surface area contributed by atoms with Crippen LogP contribution >= 0.6 is 0 Å². The maximum Gasteiger partial charge on any atom is 0.113 e. The number of fused-ring (bicyclic) bond motifs is 1. The minimum absolute atomic E-state index is 0.563. The van der Waals surface area contributed by atoms with Crippen molar-refractivity contribution >= 4 is 11.0 Å². The van der Waals surface area contributed by atoms with E-state index >= 15 is 0 Å². The Kier molecular flexibility index (Phi) is 2.59. The topological polar surface area (TPSA) is 50.9 Å². The SMILES string of the molecule is OC1(Cn2nnc3ccccc32)CCCCC1. The van der Waals surface area contributed by atoms with Gasteiger partial charge in [0.1, 0.15) is 5.52 Å². The van der Waals surface area contributed by atoms with Gasteiger partial charge in [0, 0.05) is 0 Å². The smallest absolute Gasteiger partial charge is 0.113 e. The van der Waals surface area contributed by atoms with Crippen molar-refractivity contribution in [1.29, 1.82) is 0 Å². The minimum atomic E-state index is -0.589. The zero-order valence-corrected chi connectivity index (χ0v) is 9.84. The molecule has 1 saturated carbocycles. The molecule has 1 aromatic heterocycles. The maximum atomic E-state index is 10.5. The van der Waals surface area contributed by atoms with Crippen LogP contribution in [0.2, 0.25) is 0 Å². The summed E-state index contributed by atoms with van der Waals surface area (Å²) in [5.74, 6) is 0. The number of hydrogen-bond acceptors (Lipinski definition) is 3. The fraction of sp³-hybridized carbons (Fsp3) is 0.538. The molecule has 17 heavy (non-hydrogen) atoms. The van der Waals surface area contributed by atoms with Gasteiger partial charge in [-0.15, -0.1) is 5.10 Å². The summed E-state index contributed by atoms with van der Waals surface area (Å²) in [6.07, 6.45) is 5.22. The van der Waals surface area contributed by atoms with Gasteiger partial charge in [-0.05, 0) is 25.0 Å². The summed E-state index contributed by atoms with van der Waals surface area (Å²) < 4.78 is 1.83. The molecule has 1 aromatic carbocycles. The maximum absolute atomic E-state index is 10.5. The average molecular weight is 231 g/mol. The predicted molar refractivity (Wildman–Crippen MR) is 65.6 cm³/mol. The third kappa shape index (κ3) is 2.05. The average Bonchev–Trinajstić information content (AvgIpc) is 2.73. The molecule has 0 saturated heterocycles. The van der Waals surface area contributed by atoms with Crippen LogP contribution in [0.15, 0.2) is 24.3 Å². The van der Waals surface area contributed by atoms with E-state index in [1.165, 1.54) is 6.42 Å². The Morgan fingerprint density at radius 3 is 2.76 bits per heavy atom. The van der Waals surface area contributed by atoms with Crippen LogP contribution in [0.3, 0.4) is 0 Å². The Balaban J connectivity index is 1.89. The summed E-state index contributed by atoms with van der Waals surface area (Å²) in [4.78, 5) is 0. The summed E-state index contributed by atoms with van der Waals surface area (Å²) in [6.45, 7) is 0.563. The first-order valence-electron chi connectivity index (χ1n) is 6.28. The Morgan fingerprint density at radius 1 is 1.18 bits per heavy atom. The Hall–Kier alpha value is -1.42. The second-order valence-corrected chi connectivity index (χ2v) is 5.02. The zero-order chi connectivity index (χ0) is 11.7. The highest BCUT2D eigenvalue weighted by Crippen LogP contribution is 2.29. The van der Waals surface area contributed by atoms with Gasteiger partial charge in [-0.25, -0.2) is 4.68 Å².